The molecule has 2 atom stereocenters. The number of aliphatic hydroxyl groups is 1. The molecular weight excluding hydrogens is 234 g/mol. The fourth-order valence-corrected chi connectivity index (χ4v) is 3.51. The minimum atomic E-state index is -0.108. The molecule has 1 aliphatic rings. The molecule has 0 aliphatic heterocycles. The second-order valence-corrected chi connectivity index (χ2v) is 6.08. The summed E-state index contributed by atoms with van der Waals surface area (Å²) in [6.45, 7) is 4.33. The van der Waals surface area contributed by atoms with Gasteiger partial charge >= 0.3 is 0 Å². The lowest BCUT2D eigenvalue weighted by Gasteiger charge is -2.27. The van der Waals surface area contributed by atoms with Crippen LogP contribution in [-0.4, -0.2) is 16.2 Å². The van der Waals surface area contributed by atoms with Crippen LogP contribution in [0.1, 0.15) is 42.4 Å². The Kier molecular flexibility index (Phi) is 3.36. The molecule has 1 saturated carbocycles. The van der Waals surface area contributed by atoms with Crippen LogP contribution in [0.3, 0.4) is 0 Å². The van der Waals surface area contributed by atoms with Crippen molar-refractivity contribution in [2.75, 3.05) is 0 Å². The van der Waals surface area contributed by atoms with Gasteiger partial charge in [0.15, 0.2) is 0 Å². The van der Waals surface area contributed by atoms with Crippen molar-refractivity contribution in [1.82, 2.24) is 4.98 Å². The molecule has 1 aliphatic carbocycles. The smallest absolute Gasteiger partial charge is 0.0571 e. The van der Waals surface area contributed by atoms with Gasteiger partial charge in [0, 0.05) is 17.1 Å². The van der Waals surface area contributed by atoms with E-state index >= 15 is 0 Å². The maximum absolute atomic E-state index is 10.2. The maximum atomic E-state index is 10.2. The summed E-state index contributed by atoms with van der Waals surface area (Å²) >= 11 is 0. The highest BCUT2D eigenvalue weighted by atomic mass is 16.3. The van der Waals surface area contributed by atoms with E-state index < -0.39 is 0 Å². The molecule has 3 rings (SSSR count). The van der Waals surface area contributed by atoms with Gasteiger partial charge in [-0.05, 0) is 55.7 Å². The first kappa shape index (κ1) is 12.7. The van der Waals surface area contributed by atoms with Gasteiger partial charge in [-0.1, -0.05) is 25.0 Å². The average Bonchev–Trinajstić information content (AvgIpc) is 2.82. The van der Waals surface area contributed by atoms with E-state index in [1.54, 1.807) is 0 Å². The molecule has 102 valence electrons. The van der Waals surface area contributed by atoms with Crippen molar-refractivity contribution >= 4 is 10.9 Å². The maximum Gasteiger partial charge on any atom is 0.0571 e. The van der Waals surface area contributed by atoms with Gasteiger partial charge in [-0.15, -0.1) is 0 Å². The van der Waals surface area contributed by atoms with Crippen LogP contribution in [0.4, 0.5) is 0 Å². The van der Waals surface area contributed by atoms with Crippen molar-refractivity contribution < 1.29 is 5.11 Å². The standard InChI is InChI=1S/C17H23NO/c1-11-7-8-12(2)17-16(11)14(10-18-17)9-13-5-3-4-6-15(13)19/h7-8,10,13,15,18-19H,3-6,9H2,1-2H3. The first-order valence-electron chi connectivity index (χ1n) is 7.41. The largest absolute Gasteiger partial charge is 0.393 e. The van der Waals surface area contributed by atoms with E-state index in [0.717, 1.165) is 12.8 Å². The monoisotopic (exact) mass is 257 g/mol. The molecule has 0 amide bonds. The summed E-state index contributed by atoms with van der Waals surface area (Å²) in [7, 11) is 0. The molecule has 1 heterocycles. The predicted octanol–water partition coefficient (Wildman–Crippen LogP) is 3.88. The third-order valence-electron chi connectivity index (χ3n) is 4.68. The van der Waals surface area contributed by atoms with Gasteiger partial charge in [0.05, 0.1) is 6.10 Å². The van der Waals surface area contributed by atoms with Crippen molar-refractivity contribution in [2.24, 2.45) is 5.92 Å². The number of hydrogen-bond acceptors (Lipinski definition) is 1. The Labute approximate surface area is 114 Å². The Morgan fingerprint density at radius 3 is 2.68 bits per heavy atom. The molecule has 1 aromatic heterocycles. The number of nitrogens with one attached hydrogen (secondary N) is 1. The fourth-order valence-electron chi connectivity index (χ4n) is 3.51. The molecule has 2 nitrogen and oxygen atoms in total. The number of hydrogen-bond donors (Lipinski definition) is 2. The third-order valence-corrected chi connectivity index (χ3v) is 4.68. The first-order valence-corrected chi connectivity index (χ1v) is 7.41. The van der Waals surface area contributed by atoms with Crippen LogP contribution >= 0.6 is 0 Å². The van der Waals surface area contributed by atoms with Crippen molar-refractivity contribution in [3.05, 3.63) is 35.0 Å². The van der Waals surface area contributed by atoms with E-state index in [9.17, 15) is 5.11 Å². The zero-order chi connectivity index (χ0) is 13.4. The zero-order valence-corrected chi connectivity index (χ0v) is 11.9. The number of H-pyrrole nitrogens is 1. The first-order chi connectivity index (χ1) is 9.16. The number of aliphatic hydroxyl groups excluding tert-OH is 1. The predicted molar refractivity (Wildman–Crippen MR) is 79.4 cm³/mol. The number of fused-ring (bicyclic) bond motifs is 1. The van der Waals surface area contributed by atoms with E-state index in [0.29, 0.717) is 5.92 Å². The summed E-state index contributed by atoms with van der Waals surface area (Å²) in [5.41, 5.74) is 5.28. The number of benzene rings is 1. The van der Waals surface area contributed by atoms with Gasteiger partial charge in [-0.25, -0.2) is 0 Å². The van der Waals surface area contributed by atoms with Crippen molar-refractivity contribution in [3.63, 3.8) is 0 Å². The summed E-state index contributed by atoms with van der Waals surface area (Å²) in [6, 6.07) is 4.37. The van der Waals surface area contributed by atoms with Crippen LogP contribution in [0.2, 0.25) is 0 Å². The summed E-state index contributed by atoms with van der Waals surface area (Å²) < 4.78 is 0. The van der Waals surface area contributed by atoms with E-state index in [2.05, 4.69) is 37.2 Å². The summed E-state index contributed by atoms with van der Waals surface area (Å²) in [4.78, 5) is 3.42. The fraction of sp³-hybridized carbons (Fsp3) is 0.529. The molecule has 2 heteroatoms. The molecule has 1 aromatic carbocycles. The van der Waals surface area contributed by atoms with Gasteiger partial charge in [0.1, 0.15) is 0 Å². The molecule has 2 aromatic rings. The SMILES string of the molecule is Cc1ccc(C)c2c(CC3CCCCC3O)c[nH]c12. The van der Waals surface area contributed by atoms with Gasteiger partial charge in [-0.2, -0.15) is 0 Å². The third kappa shape index (κ3) is 2.30. The van der Waals surface area contributed by atoms with Crippen LogP contribution in [0, 0.1) is 19.8 Å². The molecule has 0 bridgehead atoms. The topological polar surface area (TPSA) is 36.0 Å². The Balaban J connectivity index is 1.95. The lowest BCUT2D eigenvalue weighted by atomic mass is 9.82. The van der Waals surface area contributed by atoms with Gasteiger partial charge in [0.2, 0.25) is 0 Å². The van der Waals surface area contributed by atoms with Crippen LogP contribution in [0.25, 0.3) is 10.9 Å². The Morgan fingerprint density at radius 2 is 1.89 bits per heavy atom. The molecule has 19 heavy (non-hydrogen) atoms. The highest BCUT2D eigenvalue weighted by Gasteiger charge is 2.24. The molecule has 0 spiro atoms. The molecule has 2 N–H and O–H groups in total. The summed E-state index contributed by atoms with van der Waals surface area (Å²) in [6.07, 6.45) is 7.64. The van der Waals surface area contributed by atoms with E-state index in [1.807, 2.05) is 0 Å². The molecule has 0 radical (unpaired) electrons. The molecule has 2 unspecified atom stereocenters. The summed E-state index contributed by atoms with van der Waals surface area (Å²) in [5.74, 6) is 0.438. The van der Waals surface area contributed by atoms with Crippen LogP contribution < -0.4 is 0 Å². The number of aromatic nitrogens is 1. The lowest BCUT2D eigenvalue weighted by molar-refractivity contribution is 0.0702. The second-order valence-electron chi connectivity index (χ2n) is 6.08. The van der Waals surface area contributed by atoms with Crippen molar-refractivity contribution in [2.45, 2.75) is 52.1 Å². The average molecular weight is 257 g/mol. The van der Waals surface area contributed by atoms with Crippen molar-refractivity contribution in [3.8, 4) is 0 Å². The van der Waals surface area contributed by atoms with Gasteiger partial charge in [0.25, 0.3) is 0 Å². The lowest BCUT2D eigenvalue weighted by Crippen LogP contribution is -2.26. The Morgan fingerprint density at radius 1 is 1.16 bits per heavy atom. The van der Waals surface area contributed by atoms with Crippen LogP contribution in [0.15, 0.2) is 18.3 Å². The minimum Gasteiger partial charge on any atom is -0.393 e. The summed E-state index contributed by atoms with van der Waals surface area (Å²) in [5, 5.41) is 11.5. The second kappa shape index (κ2) is 5.01. The van der Waals surface area contributed by atoms with E-state index in [4.69, 9.17) is 0 Å². The highest BCUT2D eigenvalue weighted by Crippen LogP contribution is 2.32. The molecule has 1 fully saturated rings. The van der Waals surface area contributed by atoms with E-state index in [-0.39, 0.29) is 6.10 Å². The van der Waals surface area contributed by atoms with Gasteiger partial charge < -0.3 is 10.1 Å². The number of aryl methyl sites for hydroxylation is 2. The Bertz CT molecular complexity index is 584. The molecular formula is C17H23NO. The Hall–Kier alpha value is -1.28. The van der Waals surface area contributed by atoms with Crippen molar-refractivity contribution in [1.29, 1.82) is 0 Å². The quantitative estimate of drug-likeness (QED) is 0.841. The normalized spacial score (nSPS) is 23.9. The van der Waals surface area contributed by atoms with E-state index in [1.165, 1.54) is 46.9 Å². The van der Waals surface area contributed by atoms with Gasteiger partial charge in [-0.3, -0.25) is 0 Å². The molecule has 0 saturated heterocycles. The zero-order valence-electron chi connectivity index (χ0n) is 11.9. The van der Waals surface area contributed by atoms with Crippen LogP contribution in [-0.2, 0) is 6.42 Å². The highest BCUT2D eigenvalue weighted by molar-refractivity contribution is 5.88. The minimum absolute atomic E-state index is 0.108. The number of aromatic amines is 1. The van der Waals surface area contributed by atoms with Crippen LogP contribution in [0.5, 0.6) is 0 Å². The number of rotatable bonds is 2.